The first-order valence-electron chi connectivity index (χ1n) is 4.70. The Hall–Kier alpha value is -1.52. The molecule has 1 aliphatic heterocycles. The van der Waals surface area contributed by atoms with Gasteiger partial charge in [-0.15, -0.1) is 0 Å². The van der Waals surface area contributed by atoms with Gasteiger partial charge in [-0.05, 0) is 20.8 Å². The molecule has 5 nitrogen and oxygen atoms in total. The maximum atomic E-state index is 11.5. The van der Waals surface area contributed by atoms with Gasteiger partial charge in [0.2, 0.25) is 0 Å². The molecule has 84 valence electrons. The van der Waals surface area contributed by atoms with Crippen LogP contribution >= 0.6 is 0 Å². The predicted octanol–water partition coefficient (Wildman–Crippen LogP) is 1.45. The van der Waals surface area contributed by atoms with Crippen LogP contribution in [0.4, 0.5) is 4.79 Å². The minimum absolute atomic E-state index is 0.143. The molecule has 0 aromatic rings. The molecule has 1 rings (SSSR count). The van der Waals surface area contributed by atoms with Crippen molar-refractivity contribution in [3.05, 3.63) is 12.3 Å². The van der Waals surface area contributed by atoms with Crippen LogP contribution in [-0.4, -0.2) is 34.2 Å². The number of carbonyl (C=O) groups excluding carboxylic acids is 1. The van der Waals surface area contributed by atoms with Gasteiger partial charge in [0.15, 0.2) is 0 Å². The fraction of sp³-hybridized carbons (Fsp3) is 0.600. The highest BCUT2D eigenvalue weighted by molar-refractivity contribution is 5.76. The third-order valence-corrected chi connectivity index (χ3v) is 1.84. The van der Waals surface area contributed by atoms with E-state index in [2.05, 4.69) is 0 Å². The maximum absolute atomic E-state index is 11.5. The van der Waals surface area contributed by atoms with Gasteiger partial charge in [-0.1, -0.05) is 6.08 Å². The molecule has 1 heterocycles. The number of nitrogens with zero attached hydrogens (tertiary/aromatic N) is 1. The summed E-state index contributed by atoms with van der Waals surface area (Å²) in [6, 6.07) is 0. The van der Waals surface area contributed by atoms with Gasteiger partial charge in [0.05, 0.1) is 5.92 Å². The number of ether oxygens (including phenoxy) is 1. The van der Waals surface area contributed by atoms with E-state index >= 15 is 0 Å². The van der Waals surface area contributed by atoms with Gasteiger partial charge >= 0.3 is 12.1 Å². The van der Waals surface area contributed by atoms with Crippen molar-refractivity contribution in [3.8, 4) is 0 Å². The molecule has 0 aliphatic carbocycles. The monoisotopic (exact) mass is 213 g/mol. The zero-order valence-corrected chi connectivity index (χ0v) is 9.06. The zero-order chi connectivity index (χ0) is 11.6. The van der Waals surface area contributed by atoms with Crippen LogP contribution in [0.2, 0.25) is 0 Å². The van der Waals surface area contributed by atoms with E-state index in [1.807, 2.05) is 0 Å². The summed E-state index contributed by atoms with van der Waals surface area (Å²) in [6.45, 7) is 5.43. The Balaban J connectivity index is 2.52. The van der Waals surface area contributed by atoms with Crippen molar-refractivity contribution >= 4 is 12.1 Å². The van der Waals surface area contributed by atoms with E-state index in [4.69, 9.17) is 9.84 Å². The summed E-state index contributed by atoms with van der Waals surface area (Å²) in [4.78, 5) is 23.4. The van der Waals surface area contributed by atoms with Crippen molar-refractivity contribution in [1.29, 1.82) is 0 Å². The lowest BCUT2D eigenvalue weighted by molar-refractivity contribution is -0.139. The number of carboxylic acids is 1. The second-order valence-corrected chi connectivity index (χ2v) is 4.42. The number of hydrogen-bond acceptors (Lipinski definition) is 3. The number of amides is 1. The Morgan fingerprint density at radius 1 is 1.47 bits per heavy atom. The van der Waals surface area contributed by atoms with Crippen LogP contribution in [0.15, 0.2) is 12.3 Å². The van der Waals surface area contributed by atoms with Crippen LogP contribution in [0.25, 0.3) is 0 Å². The first-order valence-corrected chi connectivity index (χ1v) is 4.70. The minimum atomic E-state index is -0.933. The molecule has 0 aromatic carbocycles. The van der Waals surface area contributed by atoms with Crippen molar-refractivity contribution in [2.45, 2.75) is 26.4 Å². The standard InChI is InChI=1S/C10H15NO4/c1-10(2,3)15-9(14)11-5-4-7(6-11)8(12)13/h4-5,7H,6H2,1-3H3,(H,12,13). The SMILES string of the molecule is CC(C)(C)OC(=O)N1C=CC(C(=O)O)C1. The topological polar surface area (TPSA) is 66.8 Å². The highest BCUT2D eigenvalue weighted by atomic mass is 16.6. The molecule has 0 fully saturated rings. The van der Waals surface area contributed by atoms with E-state index in [1.54, 1.807) is 20.8 Å². The van der Waals surface area contributed by atoms with Gasteiger partial charge < -0.3 is 9.84 Å². The summed E-state index contributed by atoms with van der Waals surface area (Å²) >= 11 is 0. The van der Waals surface area contributed by atoms with Crippen molar-refractivity contribution in [2.24, 2.45) is 5.92 Å². The van der Waals surface area contributed by atoms with Crippen LogP contribution in [0, 0.1) is 5.92 Å². The number of carboxylic acid groups (broad SMARTS) is 1. The first-order chi connectivity index (χ1) is 6.79. The molecule has 0 spiro atoms. The maximum Gasteiger partial charge on any atom is 0.414 e. The Morgan fingerprint density at radius 2 is 2.07 bits per heavy atom. The Bertz CT molecular complexity index is 303. The molecule has 1 N–H and O–H groups in total. The van der Waals surface area contributed by atoms with Crippen LogP contribution in [0.3, 0.4) is 0 Å². The summed E-state index contributed by atoms with van der Waals surface area (Å²) in [5.74, 6) is -1.56. The summed E-state index contributed by atoms with van der Waals surface area (Å²) in [5.41, 5.74) is -0.563. The second-order valence-electron chi connectivity index (χ2n) is 4.42. The molecular formula is C10H15NO4. The van der Waals surface area contributed by atoms with E-state index < -0.39 is 23.6 Å². The van der Waals surface area contributed by atoms with E-state index in [9.17, 15) is 9.59 Å². The lowest BCUT2D eigenvalue weighted by atomic mass is 10.2. The number of aliphatic carboxylic acids is 1. The van der Waals surface area contributed by atoms with E-state index in [0.29, 0.717) is 0 Å². The van der Waals surface area contributed by atoms with Crippen molar-refractivity contribution in [3.63, 3.8) is 0 Å². The van der Waals surface area contributed by atoms with Gasteiger partial charge in [0, 0.05) is 12.7 Å². The quantitative estimate of drug-likeness (QED) is 0.715. The van der Waals surface area contributed by atoms with Gasteiger partial charge in [-0.2, -0.15) is 0 Å². The number of hydrogen-bond donors (Lipinski definition) is 1. The summed E-state index contributed by atoms with van der Waals surface area (Å²) in [7, 11) is 0. The van der Waals surface area contributed by atoms with Gasteiger partial charge in [-0.25, -0.2) is 4.79 Å². The molecule has 0 bridgehead atoms. The summed E-state index contributed by atoms with van der Waals surface area (Å²) in [6.07, 6.45) is 2.42. The van der Waals surface area contributed by atoms with E-state index in [1.165, 1.54) is 17.2 Å². The average Bonchev–Trinajstić information content (AvgIpc) is 2.47. The molecule has 1 unspecified atom stereocenters. The number of carbonyl (C=O) groups is 2. The molecule has 1 amide bonds. The van der Waals surface area contributed by atoms with Gasteiger partial charge in [-0.3, -0.25) is 9.69 Å². The molecule has 0 aromatic heterocycles. The van der Waals surface area contributed by atoms with Crippen LogP contribution < -0.4 is 0 Å². The molecule has 1 aliphatic rings. The molecule has 1 atom stereocenters. The van der Waals surface area contributed by atoms with E-state index in [-0.39, 0.29) is 6.54 Å². The Labute approximate surface area is 88.3 Å². The molecule has 15 heavy (non-hydrogen) atoms. The predicted molar refractivity (Wildman–Crippen MR) is 53.2 cm³/mol. The van der Waals surface area contributed by atoms with Gasteiger partial charge in [0.25, 0.3) is 0 Å². The van der Waals surface area contributed by atoms with Crippen LogP contribution in [0.1, 0.15) is 20.8 Å². The lowest BCUT2D eigenvalue weighted by Crippen LogP contribution is -2.34. The second kappa shape index (κ2) is 3.92. The van der Waals surface area contributed by atoms with Crippen LogP contribution in [0.5, 0.6) is 0 Å². The average molecular weight is 213 g/mol. The molecule has 0 saturated carbocycles. The van der Waals surface area contributed by atoms with Gasteiger partial charge in [0.1, 0.15) is 5.60 Å². The summed E-state index contributed by atoms with van der Waals surface area (Å²) in [5, 5.41) is 8.72. The third kappa shape index (κ3) is 3.27. The van der Waals surface area contributed by atoms with Crippen molar-refractivity contribution < 1.29 is 19.4 Å². The zero-order valence-electron chi connectivity index (χ0n) is 9.06. The lowest BCUT2D eigenvalue weighted by Gasteiger charge is -2.23. The first kappa shape index (κ1) is 11.6. The number of rotatable bonds is 1. The summed E-state index contributed by atoms with van der Waals surface area (Å²) < 4.78 is 5.09. The Kier molecular flexibility index (Phi) is 3.02. The molecule has 0 radical (unpaired) electrons. The van der Waals surface area contributed by atoms with E-state index in [0.717, 1.165) is 0 Å². The largest absolute Gasteiger partial charge is 0.481 e. The highest BCUT2D eigenvalue weighted by Crippen LogP contribution is 2.16. The minimum Gasteiger partial charge on any atom is -0.481 e. The molecule has 0 saturated heterocycles. The molecular weight excluding hydrogens is 198 g/mol. The normalized spacial score (nSPS) is 20.5. The fourth-order valence-corrected chi connectivity index (χ4v) is 1.16. The molecule has 5 heteroatoms. The van der Waals surface area contributed by atoms with Crippen molar-refractivity contribution in [2.75, 3.05) is 6.54 Å². The highest BCUT2D eigenvalue weighted by Gasteiger charge is 2.29. The Morgan fingerprint density at radius 3 is 2.47 bits per heavy atom. The smallest absolute Gasteiger partial charge is 0.414 e. The fourth-order valence-electron chi connectivity index (χ4n) is 1.16. The van der Waals surface area contributed by atoms with Crippen molar-refractivity contribution in [1.82, 2.24) is 4.90 Å². The van der Waals surface area contributed by atoms with Crippen LogP contribution in [-0.2, 0) is 9.53 Å². The third-order valence-electron chi connectivity index (χ3n) is 1.84.